The standard InChI is InChI=1S/C27H23Cl2F3IN3O/c28-21-6-3-17(4-7-21)2-1-12-36-13-10-18(15-25(36)33)22-16-20(27(30,31)32)5-8-23(22)35-26(37)19-9-11-34-24(29)14-19/h1-9,11,14,16,18,25H,10,12-13,15H2,(H,35,37)/b2-1+. The van der Waals surface area contributed by atoms with Crippen LogP contribution in [0.15, 0.2) is 66.9 Å². The molecule has 0 spiro atoms. The number of aromatic nitrogens is 1. The fourth-order valence-corrected chi connectivity index (χ4v) is 5.70. The maximum Gasteiger partial charge on any atom is 0.416 e. The minimum Gasteiger partial charge on any atom is -0.322 e. The van der Waals surface area contributed by atoms with Crippen LogP contribution in [-0.4, -0.2) is 32.9 Å². The predicted molar refractivity (Wildman–Crippen MR) is 150 cm³/mol. The highest BCUT2D eigenvalue weighted by atomic mass is 127. The van der Waals surface area contributed by atoms with E-state index in [1.807, 2.05) is 30.3 Å². The fourth-order valence-electron chi connectivity index (χ4n) is 4.28. The van der Waals surface area contributed by atoms with Crippen molar-refractivity contribution in [2.24, 2.45) is 0 Å². The molecule has 3 aromatic rings. The molecule has 1 aliphatic rings. The number of likely N-dealkylation sites (tertiary alicyclic amines) is 1. The van der Waals surface area contributed by atoms with Crippen molar-refractivity contribution in [1.29, 1.82) is 0 Å². The third-order valence-corrected chi connectivity index (χ3v) is 7.97. The van der Waals surface area contributed by atoms with Gasteiger partial charge in [0, 0.05) is 35.6 Å². The van der Waals surface area contributed by atoms with Crippen molar-refractivity contribution in [3.63, 3.8) is 0 Å². The van der Waals surface area contributed by atoms with Gasteiger partial charge in [0.2, 0.25) is 0 Å². The number of hydrogen-bond donors (Lipinski definition) is 1. The van der Waals surface area contributed by atoms with E-state index < -0.39 is 17.6 Å². The van der Waals surface area contributed by atoms with Crippen LogP contribution in [-0.2, 0) is 6.18 Å². The van der Waals surface area contributed by atoms with E-state index in [0.717, 1.165) is 18.2 Å². The van der Waals surface area contributed by atoms with E-state index in [2.05, 4.69) is 43.9 Å². The first-order chi connectivity index (χ1) is 17.6. The lowest BCUT2D eigenvalue weighted by atomic mass is 9.87. The van der Waals surface area contributed by atoms with E-state index in [1.165, 1.54) is 30.5 Å². The first-order valence-corrected chi connectivity index (χ1v) is 13.5. The van der Waals surface area contributed by atoms with Gasteiger partial charge in [0.25, 0.3) is 5.91 Å². The van der Waals surface area contributed by atoms with Crippen LogP contribution < -0.4 is 5.32 Å². The van der Waals surface area contributed by atoms with E-state index >= 15 is 0 Å². The molecular formula is C27H23Cl2F3IN3O. The average molecular weight is 660 g/mol. The second kappa shape index (κ2) is 12.1. The zero-order valence-corrected chi connectivity index (χ0v) is 23.2. The highest BCUT2D eigenvalue weighted by Gasteiger charge is 2.34. The lowest BCUT2D eigenvalue weighted by molar-refractivity contribution is -0.137. The number of piperidine rings is 1. The van der Waals surface area contributed by atoms with Gasteiger partial charge in [-0.2, -0.15) is 13.2 Å². The van der Waals surface area contributed by atoms with Gasteiger partial charge in [-0.05, 0) is 72.4 Å². The first-order valence-electron chi connectivity index (χ1n) is 11.5. The largest absolute Gasteiger partial charge is 0.416 e. The van der Waals surface area contributed by atoms with E-state index in [4.69, 9.17) is 23.2 Å². The summed E-state index contributed by atoms with van der Waals surface area (Å²) in [6.45, 7) is 1.44. The molecule has 0 radical (unpaired) electrons. The Morgan fingerprint density at radius 1 is 1.14 bits per heavy atom. The lowest BCUT2D eigenvalue weighted by Crippen LogP contribution is -2.38. The molecule has 2 heterocycles. The number of nitrogens with zero attached hydrogens (tertiary/aromatic N) is 2. The summed E-state index contributed by atoms with van der Waals surface area (Å²) in [6.07, 6.45) is 2.35. The molecule has 1 fully saturated rings. The maximum atomic E-state index is 13.5. The SMILES string of the molecule is O=C(Nc1ccc(C(F)(F)F)cc1C1CCN(C/C=C/c2ccc(Cl)cc2)C(I)C1)c1ccnc(Cl)c1. The first kappa shape index (κ1) is 27.9. The Bertz CT molecular complexity index is 1280. The fraction of sp³-hybridized carbons (Fsp3) is 0.259. The van der Waals surface area contributed by atoms with Gasteiger partial charge in [0.05, 0.1) is 9.61 Å². The van der Waals surface area contributed by atoms with Crippen LogP contribution in [0.25, 0.3) is 6.08 Å². The van der Waals surface area contributed by atoms with Gasteiger partial charge < -0.3 is 5.32 Å². The van der Waals surface area contributed by atoms with E-state index in [-0.39, 0.29) is 20.7 Å². The summed E-state index contributed by atoms with van der Waals surface area (Å²) in [5.74, 6) is -0.599. The van der Waals surface area contributed by atoms with Crippen LogP contribution in [0.1, 0.15) is 45.8 Å². The van der Waals surface area contributed by atoms with E-state index in [1.54, 1.807) is 0 Å². The third kappa shape index (κ3) is 7.46. The Balaban J connectivity index is 1.50. The molecule has 1 N–H and O–H groups in total. The summed E-state index contributed by atoms with van der Waals surface area (Å²) in [5, 5.41) is 3.62. The number of hydrogen-bond acceptors (Lipinski definition) is 3. The molecule has 1 aromatic heterocycles. The molecule has 1 amide bonds. The third-order valence-electron chi connectivity index (χ3n) is 6.22. The van der Waals surface area contributed by atoms with Gasteiger partial charge in [-0.15, -0.1) is 0 Å². The number of rotatable bonds is 6. The minimum atomic E-state index is -4.48. The van der Waals surface area contributed by atoms with E-state index in [0.29, 0.717) is 35.7 Å². The van der Waals surface area contributed by atoms with Crippen LogP contribution in [0.5, 0.6) is 0 Å². The Kier molecular flexibility index (Phi) is 9.15. The van der Waals surface area contributed by atoms with Crippen molar-refractivity contribution in [3.05, 3.63) is 99.3 Å². The van der Waals surface area contributed by atoms with Crippen molar-refractivity contribution in [1.82, 2.24) is 9.88 Å². The second-order valence-electron chi connectivity index (χ2n) is 8.73. The van der Waals surface area contributed by atoms with Crippen LogP contribution in [0.4, 0.5) is 18.9 Å². The van der Waals surface area contributed by atoms with Gasteiger partial charge in [0.1, 0.15) is 5.15 Å². The number of alkyl halides is 4. The quantitative estimate of drug-likeness (QED) is 0.125. The normalized spacial score (nSPS) is 18.8. The number of halogens is 6. The molecule has 2 unspecified atom stereocenters. The Hall–Kier alpha value is -2.14. The van der Waals surface area contributed by atoms with Gasteiger partial charge in [-0.3, -0.25) is 9.69 Å². The Morgan fingerprint density at radius 3 is 2.57 bits per heavy atom. The highest BCUT2D eigenvalue weighted by molar-refractivity contribution is 14.1. The topological polar surface area (TPSA) is 45.2 Å². The van der Waals surface area contributed by atoms with Crippen LogP contribution >= 0.6 is 45.8 Å². The number of pyridine rings is 1. The van der Waals surface area contributed by atoms with Crippen LogP contribution in [0.3, 0.4) is 0 Å². The molecule has 0 bridgehead atoms. The maximum absolute atomic E-state index is 13.5. The molecule has 2 atom stereocenters. The van der Waals surface area contributed by atoms with Crippen molar-refractivity contribution >= 4 is 63.5 Å². The summed E-state index contributed by atoms with van der Waals surface area (Å²) < 4.78 is 40.7. The Morgan fingerprint density at radius 2 is 1.89 bits per heavy atom. The van der Waals surface area contributed by atoms with Crippen LogP contribution in [0, 0.1) is 0 Å². The molecule has 0 saturated carbocycles. The Labute approximate surface area is 237 Å². The van der Waals surface area contributed by atoms with Crippen molar-refractivity contribution in [2.75, 3.05) is 18.4 Å². The monoisotopic (exact) mass is 659 g/mol. The average Bonchev–Trinajstić information content (AvgIpc) is 2.85. The molecule has 0 aliphatic carbocycles. The van der Waals surface area contributed by atoms with Crippen molar-refractivity contribution < 1.29 is 18.0 Å². The summed E-state index contributed by atoms with van der Waals surface area (Å²) in [6, 6.07) is 14.0. The number of anilines is 1. The predicted octanol–water partition coefficient (Wildman–Crippen LogP) is 8.31. The zero-order chi connectivity index (χ0) is 26.6. The second-order valence-corrected chi connectivity index (χ2v) is 11.0. The summed E-state index contributed by atoms with van der Waals surface area (Å²) in [5.41, 5.74) is 1.45. The number of amides is 1. The summed E-state index contributed by atoms with van der Waals surface area (Å²) >= 11 is 14.2. The molecule has 2 aromatic carbocycles. The molecule has 1 aliphatic heterocycles. The van der Waals surface area contributed by atoms with Gasteiger partial charge in [-0.1, -0.05) is 70.1 Å². The summed E-state index contributed by atoms with van der Waals surface area (Å²) in [4.78, 5) is 19.0. The molecule has 4 rings (SSSR count). The zero-order valence-electron chi connectivity index (χ0n) is 19.5. The molecular weight excluding hydrogens is 637 g/mol. The van der Waals surface area contributed by atoms with Crippen molar-refractivity contribution in [3.8, 4) is 0 Å². The number of benzene rings is 2. The minimum absolute atomic E-state index is 0.114. The number of carbonyl (C=O) groups is 1. The highest BCUT2D eigenvalue weighted by Crippen LogP contribution is 2.40. The number of carbonyl (C=O) groups excluding carboxylic acids is 1. The summed E-state index contributed by atoms with van der Waals surface area (Å²) in [7, 11) is 0. The lowest BCUT2D eigenvalue weighted by Gasteiger charge is -2.37. The molecule has 1 saturated heterocycles. The van der Waals surface area contributed by atoms with E-state index in [9.17, 15) is 18.0 Å². The molecule has 194 valence electrons. The van der Waals surface area contributed by atoms with Gasteiger partial charge in [0.15, 0.2) is 0 Å². The molecule has 4 nitrogen and oxygen atoms in total. The molecule has 10 heteroatoms. The smallest absolute Gasteiger partial charge is 0.322 e. The van der Waals surface area contributed by atoms with Gasteiger partial charge >= 0.3 is 6.18 Å². The van der Waals surface area contributed by atoms with Gasteiger partial charge in [-0.25, -0.2) is 4.98 Å². The number of nitrogens with one attached hydrogen (secondary N) is 1. The molecule has 37 heavy (non-hydrogen) atoms. The van der Waals surface area contributed by atoms with Crippen molar-refractivity contribution in [2.45, 2.75) is 29.0 Å². The van der Waals surface area contributed by atoms with Crippen LogP contribution in [0.2, 0.25) is 10.2 Å².